The lowest BCUT2D eigenvalue weighted by Crippen LogP contribution is -2.36. The molecule has 1 heterocycles. The van der Waals surface area contributed by atoms with E-state index in [0.717, 1.165) is 32.2 Å². The molecule has 4 heteroatoms. The minimum atomic E-state index is -0.133. The van der Waals surface area contributed by atoms with Crippen LogP contribution in [0.2, 0.25) is 0 Å². The van der Waals surface area contributed by atoms with Crippen molar-refractivity contribution in [3.05, 3.63) is 24.0 Å². The molecule has 94 valence electrons. The Hall–Kier alpha value is -1.29. The topological polar surface area (TPSA) is 60.1 Å². The number of carbonyl (C=O) groups is 1. The fraction of sp³-hybridized carbons (Fsp3) is 0.615. The third-order valence-corrected chi connectivity index (χ3v) is 3.62. The van der Waals surface area contributed by atoms with E-state index in [1.54, 1.807) is 0 Å². The van der Waals surface area contributed by atoms with Gasteiger partial charge in [-0.05, 0) is 37.3 Å². The summed E-state index contributed by atoms with van der Waals surface area (Å²) in [7, 11) is 2.03. The molecule has 0 unspecified atom stereocenters. The Morgan fingerprint density at radius 3 is 2.71 bits per heavy atom. The summed E-state index contributed by atoms with van der Waals surface area (Å²) in [4.78, 5) is 11.0. The molecule has 1 saturated carbocycles. The molecule has 2 rings (SSSR count). The van der Waals surface area contributed by atoms with Crippen molar-refractivity contribution in [1.82, 2.24) is 9.88 Å². The summed E-state index contributed by atoms with van der Waals surface area (Å²) in [6, 6.07) is 2.66. The van der Waals surface area contributed by atoms with Gasteiger partial charge in [0.25, 0.3) is 0 Å². The number of amides is 1. The fourth-order valence-corrected chi connectivity index (χ4v) is 2.51. The van der Waals surface area contributed by atoms with E-state index in [2.05, 4.69) is 28.3 Å². The van der Waals surface area contributed by atoms with Crippen molar-refractivity contribution >= 4 is 5.91 Å². The van der Waals surface area contributed by atoms with E-state index in [1.165, 1.54) is 5.56 Å². The number of hydrogen-bond donors (Lipinski definition) is 2. The van der Waals surface area contributed by atoms with Crippen molar-refractivity contribution in [2.45, 2.75) is 38.3 Å². The van der Waals surface area contributed by atoms with Gasteiger partial charge in [-0.1, -0.05) is 0 Å². The molecule has 0 radical (unpaired) electrons. The summed E-state index contributed by atoms with van der Waals surface area (Å²) in [5.41, 5.74) is 6.63. The molecule has 1 amide bonds. The van der Waals surface area contributed by atoms with Crippen molar-refractivity contribution < 1.29 is 4.79 Å². The van der Waals surface area contributed by atoms with E-state index >= 15 is 0 Å². The van der Waals surface area contributed by atoms with Crippen LogP contribution in [-0.2, 0) is 18.4 Å². The van der Waals surface area contributed by atoms with Gasteiger partial charge in [-0.2, -0.15) is 0 Å². The fourth-order valence-electron chi connectivity index (χ4n) is 2.51. The third-order valence-electron chi connectivity index (χ3n) is 3.62. The Labute approximate surface area is 102 Å². The van der Waals surface area contributed by atoms with Gasteiger partial charge in [0, 0.05) is 37.9 Å². The van der Waals surface area contributed by atoms with Gasteiger partial charge in [-0.25, -0.2) is 0 Å². The maximum Gasteiger partial charge on any atom is 0.220 e. The first kappa shape index (κ1) is 12.2. The molecule has 1 aromatic heterocycles. The quantitative estimate of drug-likeness (QED) is 0.822. The number of rotatable bonds is 4. The zero-order valence-electron chi connectivity index (χ0n) is 10.4. The third kappa shape index (κ3) is 3.33. The largest absolute Gasteiger partial charge is 0.369 e. The van der Waals surface area contributed by atoms with Crippen molar-refractivity contribution in [2.24, 2.45) is 18.7 Å². The van der Waals surface area contributed by atoms with Gasteiger partial charge in [0.15, 0.2) is 0 Å². The Morgan fingerprint density at radius 1 is 1.47 bits per heavy atom. The number of hydrogen-bond acceptors (Lipinski definition) is 2. The van der Waals surface area contributed by atoms with Crippen molar-refractivity contribution in [3.63, 3.8) is 0 Å². The van der Waals surface area contributed by atoms with Gasteiger partial charge in [-0.3, -0.25) is 4.79 Å². The number of aryl methyl sites for hydroxylation is 1. The summed E-state index contributed by atoms with van der Waals surface area (Å²) >= 11 is 0. The molecular formula is C13H21N3O. The predicted molar refractivity (Wildman–Crippen MR) is 67.2 cm³/mol. The highest BCUT2D eigenvalue weighted by Crippen LogP contribution is 2.24. The smallest absolute Gasteiger partial charge is 0.220 e. The molecule has 4 nitrogen and oxygen atoms in total. The van der Waals surface area contributed by atoms with Crippen LogP contribution in [0.4, 0.5) is 0 Å². The van der Waals surface area contributed by atoms with Crippen LogP contribution in [-0.4, -0.2) is 16.5 Å². The van der Waals surface area contributed by atoms with E-state index < -0.39 is 0 Å². The zero-order chi connectivity index (χ0) is 12.3. The van der Waals surface area contributed by atoms with Gasteiger partial charge in [0.05, 0.1) is 0 Å². The molecule has 0 aromatic carbocycles. The number of nitrogens with one attached hydrogen (secondary N) is 1. The lowest BCUT2D eigenvalue weighted by atomic mass is 9.85. The molecule has 3 N–H and O–H groups in total. The first-order valence-electron chi connectivity index (χ1n) is 6.28. The Morgan fingerprint density at radius 2 is 2.18 bits per heavy atom. The molecular weight excluding hydrogens is 214 g/mol. The monoisotopic (exact) mass is 235 g/mol. The SMILES string of the molecule is Cn1ccc(CNC2CCC(C(N)=O)CC2)c1. The van der Waals surface area contributed by atoms with Crippen LogP contribution < -0.4 is 11.1 Å². The van der Waals surface area contributed by atoms with Gasteiger partial charge < -0.3 is 15.6 Å². The lowest BCUT2D eigenvalue weighted by molar-refractivity contribution is -0.122. The van der Waals surface area contributed by atoms with Crippen LogP contribution in [0.3, 0.4) is 0 Å². The molecule has 0 spiro atoms. The number of primary amides is 1. The first-order chi connectivity index (χ1) is 8.15. The molecule has 0 bridgehead atoms. The van der Waals surface area contributed by atoms with E-state index in [4.69, 9.17) is 5.73 Å². The second kappa shape index (κ2) is 5.36. The minimum absolute atomic E-state index is 0.102. The Kier molecular flexibility index (Phi) is 3.84. The lowest BCUT2D eigenvalue weighted by Gasteiger charge is -2.27. The van der Waals surface area contributed by atoms with Gasteiger partial charge in [-0.15, -0.1) is 0 Å². The van der Waals surface area contributed by atoms with Gasteiger partial charge >= 0.3 is 0 Å². The highest BCUT2D eigenvalue weighted by Gasteiger charge is 2.24. The maximum atomic E-state index is 11.0. The Balaban J connectivity index is 1.73. The summed E-state index contributed by atoms with van der Waals surface area (Å²) in [6.07, 6.45) is 8.16. The summed E-state index contributed by atoms with van der Waals surface area (Å²) in [6.45, 7) is 0.909. The van der Waals surface area contributed by atoms with Crippen molar-refractivity contribution in [3.8, 4) is 0 Å². The minimum Gasteiger partial charge on any atom is -0.369 e. The van der Waals surface area contributed by atoms with Crippen LogP contribution >= 0.6 is 0 Å². The molecule has 0 saturated heterocycles. The van der Waals surface area contributed by atoms with Gasteiger partial charge in [0.2, 0.25) is 5.91 Å². The highest BCUT2D eigenvalue weighted by atomic mass is 16.1. The van der Waals surface area contributed by atoms with E-state index in [-0.39, 0.29) is 11.8 Å². The summed E-state index contributed by atoms with van der Waals surface area (Å²) < 4.78 is 2.06. The molecule has 0 atom stereocenters. The van der Waals surface area contributed by atoms with Crippen LogP contribution in [0, 0.1) is 5.92 Å². The zero-order valence-corrected chi connectivity index (χ0v) is 10.4. The van der Waals surface area contributed by atoms with E-state index in [1.807, 2.05) is 7.05 Å². The first-order valence-corrected chi connectivity index (χ1v) is 6.28. The van der Waals surface area contributed by atoms with E-state index in [0.29, 0.717) is 6.04 Å². The van der Waals surface area contributed by atoms with Crippen molar-refractivity contribution in [1.29, 1.82) is 0 Å². The number of nitrogens with zero attached hydrogens (tertiary/aromatic N) is 1. The number of aromatic nitrogens is 1. The highest BCUT2D eigenvalue weighted by molar-refractivity contribution is 5.76. The summed E-state index contributed by atoms with van der Waals surface area (Å²) in [5.74, 6) is -0.0312. The van der Waals surface area contributed by atoms with Crippen LogP contribution in [0.25, 0.3) is 0 Å². The van der Waals surface area contributed by atoms with Crippen LogP contribution in [0.5, 0.6) is 0 Å². The van der Waals surface area contributed by atoms with E-state index in [9.17, 15) is 4.79 Å². The average Bonchev–Trinajstić information content (AvgIpc) is 2.73. The number of nitrogens with two attached hydrogens (primary N) is 1. The molecule has 0 aliphatic heterocycles. The summed E-state index contributed by atoms with van der Waals surface area (Å²) in [5, 5.41) is 3.55. The average molecular weight is 235 g/mol. The second-order valence-corrected chi connectivity index (χ2v) is 5.02. The molecule has 1 aliphatic carbocycles. The predicted octanol–water partition coefficient (Wildman–Crippen LogP) is 1.16. The number of carbonyl (C=O) groups excluding carboxylic acids is 1. The van der Waals surface area contributed by atoms with Crippen LogP contribution in [0.1, 0.15) is 31.2 Å². The van der Waals surface area contributed by atoms with Crippen molar-refractivity contribution in [2.75, 3.05) is 0 Å². The molecule has 1 aromatic rings. The van der Waals surface area contributed by atoms with Gasteiger partial charge in [0.1, 0.15) is 0 Å². The Bertz CT molecular complexity index is 378. The standard InChI is InChI=1S/C13H21N3O/c1-16-7-6-10(9-16)8-15-12-4-2-11(3-5-12)13(14)17/h6-7,9,11-12,15H,2-5,8H2,1H3,(H2,14,17). The maximum absolute atomic E-state index is 11.0. The molecule has 1 aliphatic rings. The second-order valence-electron chi connectivity index (χ2n) is 5.02. The molecule has 17 heavy (non-hydrogen) atoms. The molecule has 1 fully saturated rings. The van der Waals surface area contributed by atoms with Crippen LogP contribution in [0.15, 0.2) is 18.5 Å². The normalized spacial score (nSPS) is 24.8.